The van der Waals surface area contributed by atoms with Crippen molar-refractivity contribution in [2.45, 2.75) is 38.7 Å². The minimum Gasteiger partial charge on any atom is -0.487 e. The number of para-hydroxylation sites is 1. The highest BCUT2D eigenvalue weighted by Crippen LogP contribution is 2.23. The average molecular weight is 332 g/mol. The number of benzene rings is 1. The predicted molar refractivity (Wildman–Crippen MR) is 86.5 cm³/mol. The molecule has 1 aromatic heterocycles. The predicted octanol–water partition coefficient (Wildman–Crippen LogP) is 3.62. The highest BCUT2D eigenvalue weighted by Gasteiger charge is 2.27. The third kappa shape index (κ3) is 3.58. The van der Waals surface area contributed by atoms with Crippen molar-refractivity contribution in [1.29, 1.82) is 0 Å². The number of aromatic nitrogens is 1. The highest BCUT2D eigenvalue weighted by molar-refractivity contribution is 5.92. The monoisotopic (exact) mass is 332 g/mol. The van der Waals surface area contributed by atoms with Crippen molar-refractivity contribution in [3.8, 4) is 5.75 Å². The van der Waals surface area contributed by atoms with Gasteiger partial charge >= 0.3 is 0 Å². The van der Waals surface area contributed by atoms with Gasteiger partial charge in [0.25, 0.3) is 5.91 Å². The lowest BCUT2D eigenvalue weighted by Gasteiger charge is -2.31. The number of nitrogens with zero attached hydrogens (tertiary/aromatic N) is 2. The lowest BCUT2D eigenvalue weighted by molar-refractivity contribution is 0.0579. The van der Waals surface area contributed by atoms with Gasteiger partial charge in [-0.15, -0.1) is 0 Å². The van der Waals surface area contributed by atoms with E-state index in [-0.39, 0.29) is 29.5 Å². The van der Waals surface area contributed by atoms with Crippen LogP contribution in [0.1, 0.15) is 48.9 Å². The van der Waals surface area contributed by atoms with Gasteiger partial charge in [-0.2, -0.15) is 0 Å². The minimum absolute atomic E-state index is 0.0884. The van der Waals surface area contributed by atoms with E-state index in [9.17, 15) is 9.18 Å². The molecular weight excluding hydrogens is 311 g/mol. The summed E-state index contributed by atoms with van der Waals surface area (Å²) in [5, 5.41) is 3.86. The van der Waals surface area contributed by atoms with E-state index in [2.05, 4.69) is 5.16 Å². The molecule has 1 amide bonds. The van der Waals surface area contributed by atoms with Gasteiger partial charge in [-0.3, -0.25) is 4.79 Å². The van der Waals surface area contributed by atoms with Gasteiger partial charge in [-0.05, 0) is 12.1 Å². The Kier molecular flexibility index (Phi) is 4.83. The number of carbonyl (C=O) groups excluding carboxylic acids is 1. The van der Waals surface area contributed by atoms with Gasteiger partial charge in [0.05, 0.1) is 0 Å². The summed E-state index contributed by atoms with van der Waals surface area (Å²) >= 11 is 0. The van der Waals surface area contributed by atoms with Crippen molar-refractivity contribution >= 4 is 5.91 Å². The second-order valence-electron chi connectivity index (χ2n) is 6.31. The summed E-state index contributed by atoms with van der Waals surface area (Å²) in [7, 11) is 0. The molecule has 0 saturated carbocycles. The number of hydrogen-bond acceptors (Lipinski definition) is 4. The number of hydrogen-bond donors (Lipinski definition) is 0. The summed E-state index contributed by atoms with van der Waals surface area (Å²) in [6.07, 6.45) is 1.23. The van der Waals surface area contributed by atoms with E-state index >= 15 is 0 Å². The maximum absolute atomic E-state index is 13.6. The second-order valence-corrected chi connectivity index (χ2v) is 6.31. The quantitative estimate of drug-likeness (QED) is 0.858. The van der Waals surface area contributed by atoms with Gasteiger partial charge in [-0.25, -0.2) is 4.39 Å². The Bertz CT molecular complexity index is 706. The molecule has 0 aliphatic carbocycles. The molecule has 0 unspecified atom stereocenters. The van der Waals surface area contributed by atoms with Crippen LogP contribution in [0.15, 0.2) is 34.9 Å². The standard InChI is InChI=1S/C18H21FN2O3/c1-12(2)17-11-15(20-24-17)18(22)21-9-7-13(8-10-21)23-16-6-4-3-5-14(16)19/h3-6,11-13H,7-10H2,1-2H3. The lowest BCUT2D eigenvalue weighted by atomic mass is 10.1. The number of carbonyl (C=O) groups is 1. The van der Waals surface area contributed by atoms with E-state index in [0.29, 0.717) is 37.4 Å². The van der Waals surface area contributed by atoms with E-state index in [1.165, 1.54) is 6.07 Å². The Balaban J connectivity index is 1.56. The number of piperidine rings is 1. The van der Waals surface area contributed by atoms with Crippen LogP contribution in [-0.4, -0.2) is 35.2 Å². The molecule has 0 spiro atoms. The first-order valence-corrected chi connectivity index (χ1v) is 8.21. The minimum atomic E-state index is -0.361. The fourth-order valence-corrected chi connectivity index (χ4v) is 2.72. The molecule has 3 rings (SSSR count). The summed E-state index contributed by atoms with van der Waals surface area (Å²) in [5.41, 5.74) is 0.340. The largest absolute Gasteiger partial charge is 0.487 e. The Morgan fingerprint density at radius 2 is 2.04 bits per heavy atom. The molecule has 0 radical (unpaired) electrons. The molecule has 2 aromatic rings. The molecule has 0 bridgehead atoms. The molecule has 1 aliphatic rings. The first-order valence-electron chi connectivity index (χ1n) is 8.21. The summed E-state index contributed by atoms with van der Waals surface area (Å²) < 4.78 is 24.5. The molecule has 0 N–H and O–H groups in total. The summed E-state index contributed by atoms with van der Waals surface area (Å²) in [6.45, 7) is 5.09. The zero-order valence-electron chi connectivity index (χ0n) is 13.9. The van der Waals surface area contributed by atoms with Gasteiger partial charge in [0.15, 0.2) is 17.3 Å². The molecular formula is C18H21FN2O3. The maximum atomic E-state index is 13.6. The molecule has 24 heavy (non-hydrogen) atoms. The van der Waals surface area contributed by atoms with Gasteiger partial charge in [0.2, 0.25) is 0 Å². The zero-order valence-corrected chi connectivity index (χ0v) is 13.9. The number of rotatable bonds is 4. The SMILES string of the molecule is CC(C)c1cc(C(=O)N2CCC(Oc3ccccc3F)CC2)no1. The summed E-state index contributed by atoms with van der Waals surface area (Å²) in [6, 6.07) is 8.08. The van der Waals surface area contributed by atoms with E-state index < -0.39 is 0 Å². The van der Waals surface area contributed by atoms with Crippen LogP contribution < -0.4 is 4.74 Å². The van der Waals surface area contributed by atoms with Gasteiger partial charge < -0.3 is 14.2 Å². The molecule has 128 valence electrons. The summed E-state index contributed by atoms with van der Waals surface area (Å²) in [4.78, 5) is 14.2. The molecule has 5 nitrogen and oxygen atoms in total. The van der Waals surface area contributed by atoms with E-state index in [4.69, 9.17) is 9.26 Å². The van der Waals surface area contributed by atoms with Crippen LogP contribution in [0.4, 0.5) is 4.39 Å². The fraction of sp³-hybridized carbons (Fsp3) is 0.444. The van der Waals surface area contributed by atoms with Crippen molar-refractivity contribution in [1.82, 2.24) is 10.1 Å². The molecule has 1 fully saturated rings. The molecule has 0 atom stereocenters. The first-order chi connectivity index (χ1) is 11.5. The summed E-state index contributed by atoms with van der Waals surface area (Å²) in [5.74, 6) is 0.672. The molecule has 1 saturated heterocycles. The van der Waals surface area contributed by atoms with Crippen LogP contribution in [0, 0.1) is 5.82 Å². The number of amides is 1. The highest BCUT2D eigenvalue weighted by atomic mass is 19.1. The number of likely N-dealkylation sites (tertiary alicyclic amines) is 1. The Labute approximate surface area is 140 Å². The van der Waals surface area contributed by atoms with Crippen LogP contribution in [0.2, 0.25) is 0 Å². The smallest absolute Gasteiger partial charge is 0.276 e. The Morgan fingerprint density at radius 3 is 2.67 bits per heavy atom. The number of ether oxygens (including phenoxy) is 1. The van der Waals surface area contributed by atoms with Crippen molar-refractivity contribution < 1.29 is 18.4 Å². The van der Waals surface area contributed by atoms with Crippen LogP contribution in [0.3, 0.4) is 0 Å². The maximum Gasteiger partial charge on any atom is 0.276 e. The third-order valence-electron chi connectivity index (χ3n) is 4.18. The van der Waals surface area contributed by atoms with Crippen LogP contribution in [-0.2, 0) is 0 Å². The molecule has 2 heterocycles. The van der Waals surface area contributed by atoms with E-state index in [0.717, 1.165) is 0 Å². The van der Waals surface area contributed by atoms with E-state index in [1.807, 2.05) is 13.8 Å². The van der Waals surface area contributed by atoms with Crippen LogP contribution in [0.25, 0.3) is 0 Å². The third-order valence-corrected chi connectivity index (χ3v) is 4.18. The molecule has 6 heteroatoms. The molecule has 1 aliphatic heterocycles. The Morgan fingerprint density at radius 1 is 1.33 bits per heavy atom. The van der Waals surface area contributed by atoms with Crippen molar-refractivity contribution in [2.24, 2.45) is 0 Å². The zero-order chi connectivity index (χ0) is 17.1. The Hall–Kier alpha value is -2.37. The fourth-order valence-electron chi connectivity index (χ4n) is 2.72. The topological polar surface area (TPSA) is 55.6 Å². The normalized spacial score (nSPS) is 15.8. The second kappa shape index (κ2) is 7.03. The lowest BCUT2D eigenvalue weighted by Crippen LogP contribution is -2.42. The van der Waals surface area contributed by atoms with Crippen molar-refractivity contribution in [3.05, 3.63) is 47.6 Å². The average Bonchev–Trinajstić information content (AvgIpc) is 3.07. The number of halogens is 1. The van der Waals surface area contributed by atoms with Crippen molar-refractivity contribution in [3.63, 3.8) is 0 Å². The first kappa shape index (κ1) is 16.5. The van der Waals surface area contributed by atoms with Gasteiger partial charge in [-0.1, -0.05) is 31.1 Å². The van der Waals surface area contributed by atoms with Crippen molar-refractivity contribution in [2.75, 3.05) is 13.1 Å². The van der Waals surface area contributed by atoms with Crippen LogP contribution in [0.5, 0.6) is 5.75 Å². The van der Waals surface area contributed by atoms with E-state index in [1.54, 1.807) is 29.2 Å². The molecule has 1 aromatic carbocycles. The van der Waals surface area contributed by atoms with Gasteiger partial charge in [0.1, 0.15) is 11.9 Å². The van der Waals surface area contributed by atoms with Gasteiger partial charge in [0, 0.05) is 37.9 Å². The van der Waals surface area contributed by atoms with Crippen LogP contribution >= 0.6 is 0 Å².